The van der Waals surface area contributed by atoms with Gasteiger partial charge in [-0.3, -0.25) is 0 Å². The van der Waals surface area contributed by atoms with E-state index in [-0.39, 0.29) is 6.04 Å². The summed E-state index contributed by atoms with van der Waals surface area (Å²) in [6.07, 6.45) is -3.88. The van der Waals surface area contributed by atoms with E-state index in [1.165, 1.54) is 0 Å². The zero-order chi connectivity index (χ0) is 11.6. The number of halogens is 4. The van der Waals surface area contributed by atoms with Gasteiger partial charge in [0.05, 0.1) is 5.56 Å². The molecule has 0 radical (unpaired) electrons. The number of hydrogen-bond acceptors (Lipinski definition) is 1. The number of nitrogens with two attached hydrogens (primary N) is 1. The quantitative estimate of drug-likeness (QED) is 0.884. The summed E-state index contributed by atoms with van der Waals surface area (Å²) in [4.78, 5) is 0. The zero-order valence-corrected chi connectivity index (χ0v) is 9.69. The van der Waals surface area contributed by atoms with Crippen LogP contribution in [0.4, 0.5) is 13.2 Å². The molecule has 0 fully saturated rings. The van der Waals surface area contributed by atoms with Crippen LogP contribution in [0.2, 0.25) is 0 Å². The van der Waals surface area contributed by atoms with Gasteiger partial charge in [0, 0.05) is 10.5 Å². The zero-order valence-electron chi connectivity index (χ0n) is 8.11. The molecule has 0 saturated heterocycles. The van der Waals surface area contributed by atoms with E-state index in [2.05, 4.69) is 15.9 Å². The van der Waals surface area contributed by atoms with Crippen molar-refractivity contribution in [2.45, 2.75) is 25.6 Å². The van der Waals surface area contributed by atoms with E-state index in [4.69, 9.17) is 5.73 Å². The lowest BCUT2D eigenvalue weighted by Gasteiger charge is -2.11. The van der Waals surface area contributed by atoms with Crippen LogP contribution in [0.3, 0.4) is 0 Å². The van der Waals surface area contributed by atoms with Crippen molar-refractivity contribution in [3.63, 3.8) is 0 Å². The average Bonchev–Trinajstić information content (AvgIpc) is 1.99. The minimum absolute atomic E-state index is 0.152. The Labute approximate surface area is 94.6 Å². The van der Waals surface area contributed by atoms with Crippen molar-refractivity contribution in [3.8, 4) is 0 Å². The fraction of sp³-hybridized carbons (Fsp3) is 0.400. The predicted octanol–water partition coefficient (Wildman–Crippen LogP) is 3.36. The summed E-state index contributed by atoms with van der Waals surface area (Å²) in [6.45, 7) is 1.76. The first-order valence-electron chi connectivity index (χ1n) is 4.41. The highest BCUT2D eigenvalue weighted by Crippen LogP contribution is 2.32. The lowest BCUT2D eigenvalue weighted by molar-refractivity contribution is -0.137. The molecule has 0 saturated carbocycles. The van der Waals surface area contributed by atoms with Crippen LogP contribution >= 0.6 is 15.9 Å². The third kappa shape index (κ3) is 3.83. The van der Waals surface area contributed by atoms with E-state index in [9.17, 15) is 13.2 Å². The lowest BCUT2D eigenvalue weighted by atomic mass is 10.0. The molecule has 5 heteroatoms. The smallest absolute Gasteiger partial charge is 0.328 e. The van der Waals surface area contributed by atoms with Crippen molar-refractivity contribution >= 4 is 15.9 Å². The molecule has 0 spiro atoms. The number of rotatable bonds is 2. The largest absolute Gasteiger partial charge is 0.416 e. The molecule has 0 unspecified atom stereocenters. The minimum atomic E-state index is -4.31. The summed E-state index contributed by atoms with van der Waals surface area (Å²) in [5.74, 6) is 0. The van der Waals surface area contributed by atoms with Gasteiger partial charge in [0.15, 0.2) is 0 Å². The van der Waals surface area contributed by atoms with Gasteiger partial charge in [-0.1, -0.05) is 15.9 Å². The molecular formula is C10H11BrF3N. The Morgan fingerprint density at radius 1 is 1.33 bits per heavy atom. The summed E-state index contributed by atoms with van der Waals surface area (Å²) < 4.78 is 37.7. The highest BCUT2D eigenvalue weighted by molar-refractivity contribution is 9.10. The molecule has 2 N–H and O–H groups in total. The SMILES string of the molecule is C[C@H](N)Cc1cc(Br)cc(C(F)(F)F)c1. The van der Waals surface area contributed by atoms with Crippen LogP contribution in [0.15, 0.2) is 22.7 Å². The fourth-order valence-corrected chi connectivity index (χ4v) is 1.84. The normalized spacial score (nSPS) is 14.0. The molecule has 1 atom stereocenters. The minimum Gasteiger partial charge on any atom is -0.328 e. The second-order valence-electron chi connectivity index (χ2n) is 3.53. The van der Waals surface area contributed by atoms with Crippen LogP contribution in [0.5, 0.6) is 0 Å². The maximum absolute atomic E-state index is 12.4. The number of benzene rings is 1. The second kappa shape index (κ2) is 4.53. The summed E-state index contributed by atoms with van der Waals surface area (Å²) in [5.41, 5.74) is 5.48. The molecule has 0 amide bonds. The molecule has 1 nitrogen and oxygen atoms in total. The van der Waals surface area contributed by atoms with Crippen molar-refractivity contribution < 1.29 is 13.2 Å². The van der Waals surface area contributed by atoms with Crippen molar-refractivity contribution in [3.05, 3.63) is 33.8 Å². The van der Waals surface area contributed by atoms with E-state index < -0.39 is 11.7 Å². The highest BCUT2D eigenvalue weighted by Gasteiger charge is 2.30. The first-order chi connectivity index (χ1) is 6.79. The van der Waals surface area contributed by atoms with Gasteiger partial charge in [-0.05, 0) is 37.1 Å². The molecule has 0 aliphatic carbocycles. The molecule has 0 aliphatic heterocycles. The maximum atomic E-state index is 12.4. The van der Waals surface area contributed by atoms with Gasteiger partial charge in [-0.2, -0.15) is 13.2 Å². The molecule has 0 aliphatic rings. The first kappa shape index (κ1) is 12.5. The van der Waals surface area contributed by atoms with Crippen LogP contribution in [-0.4, -0.2) is 6.04 Å². The molecule has 84 valence electrons. The first-order valence-corrected chi connectivity index (χ1v) is 5.20. The van der Waals surface area contributed by atoms with Crippen LogP contribution in [0, 0.1) is 0 Å². The third-order valence-corrected chi connectivity index (χ3v) is 2.30. The summed E-state index contributed by atoms with van der Waals surface area (Å²) in [7, 11) is 0. The molecule has 15 heavy (non-hydrogen) atoms. The van der Waals surface area contributed by atoms with E-state index in [0.29, 0.717) is 16.5 Å². The van der Waals surface area contributed by atoms with Gasteiger partial charge in [0.2, 0.25) is 0 Å². The van der Waals surface area contributed by atoms with Crippen molar-refractivity contribution in [2.75, 3.05) is 0 Å². The van der Waals surface area contributed by atoms with Gasteiger partial charge in [-0.15, -0.1) is 0 Å². The Bertz CT molecular complexity index is 347. The van der Waals surface area contributed by atoms with Crippen LogP contribution in [-0.2, 0) is 12.6 Å². The number of hydrogen-bond donors (Lipinski definition) is 1. The second-order valence-corrected chi connectivity index (χ2v) is 4.44. The standard InChI is InChI=1S/C10H11BrF3N/c1-6(15)2-7-3-8(10(12,13)14)5-9(11)4-7/h3-6H,2,15H2,1H3/t6-/m0/s1. The topological polar surface area (TPSA) is 26.0 Å². The Morgan fingerprint density at radius 2 is 1.93 bits per heavy atom. The van der Waals surface area contributed by atoms with Crippen LogP contribution in [0.25, 0.3) is 0 Å². The Hall–Kier alpha value is -0.550. The predicted molar refractivity (Wildman–Crippen MR) is 56.5 cm³/mol. The van der Waals surface area contributed by atoms with Gasteiger partial charge in [0.1, 0.15) is 0 Å². The Balaban J connectivity index is 3.06. The van der Waals surface area contributed by atoms with Crippen LogP contribution < -0.4 is 5.73 Å². The van der Waals surface area contributed by atoms with E-state index >= 15 is 0 Å². The summed E-state index contributed by atoms with van der Waals surface area (Å²) in [6, 6.07) is 3.69. The van der Waals surface area contributed by atoms with Gasteiger partial charge >= 0.3 is 6.18 Å². The van der Waals surface area contributed by atoms with E-state index in [0.717, 1.165) is 12.1 Å². The fourth-order valence-electron chi connectivity index (χ4n) is 1.30. The molecule has 1 aromatic carbocycles. The van der Waals surface area contributed by atoms with Crippen molar-refractivity contribution in [2.24, 2.45) is 5.73 Å². The van der Waals surface area contributed by atoms with E-state index in [1.54, 1.807) is 13.0 Å². The molecule has 0 bridgehead atoms. The molecule has 0 aromatic heterocycles. The number of alkyl halides is 3. The van der Waals surface area contributed by atoms with Gasteiger partial charge < -0.3 is 5.73 Å². The lowest BCUT2D eigenvalue weighted by Crippen LogP contribution is -2.18. The molecule has 1 rings (SSSR count). The maximum Gasteiger partial charge on any atom is 0.416 e. The third-order valence-electron chi connectivity index (χ3n) is 1.84. The Kier molecular flexibility index (Phi) is 3.78. The van der Waals surface area contributed by atoms with Crippen molar-refractivity contribution in [1.29, 1.82) is 0 Å². The molecule has 0 heterocycles. The Morgan fingerprint density at radius 3 is 2.40 bits per heavy atom. The molecule has 1 aromatic rings. The summed E-state index contributed by atoms with van der Waals surface area (Å²) >= 11 is 3.05. The highest BCUT2D eigenvalue weighted by atomic mass is 79.9. The average molecular weight is 282 g/mol. The van der Waals surface area contributed by atoms with Gasteiger partial charge in [-0.25, -0.2) is 0 Å². The molecular weight excluding hydrogens is 271 g/mol. The van der Waals surface area contributed by atoms with Gasteiger partial charge in [0.25, 0.3) is 0 Å². The van der Waals surface area contributed by atoms with Crippen LogP contribution in [0.1, 0.15) is 18.1 Å². The van der Waals surface area contributed by atoms with Crippen molar-refractivity contribution in [1.82, 2.24) is 0 Å². The van der Waals surface area contributed by atoms with E-state index in [1.807, 2.05) is 0 Å². The monoisotopic (exact) mass is 281 g/mol. The summed E-state index contributed by atoms with van der Waals surface area (Å²) in [5, 5.41) is 0.